The van der Waals surface area contributed by atoms with Gasteiger partial charge in [0.15, 0.2) is 6.61 Å². The summed E-state index contributed by atoms with van der Waals surface area (Å²) < 4.78 is 18.1. The molecule has 4 nitrogen and oxygen atoms in total. The first kappa shape index (κ1) is 15.1. The van der Waals surface area contributed by atoms with E-state index in [-0.39, 0.29) is 17.7 Å². The third kappa shape index (κ3) is 5.07. The lowest BCUT2D eigenvalue weighted by Gasteiger charge is -2.20. The predicted molar refractivity (Wildman–Crippen MR) is 69.3 cm³/mol. The maximum atomic E-state index is 13.3. The molecular weight excluding hydrogens is 249 g/mol. The van der Waals surface area contributed by atoms with E-state index < -0.39 is 17.7 Å². The largest absolute Gasteiger partial charge is 0.452 e. The summed E-state index contributed by atoms with van der Waals surface area (Å²) >= 11 is 0. The minimum atomic E-state index is -0.719. The van der Waals surface area contributed by atoms with Crippen molar-refractivity contribution < 1.29 is 18.7 Å². The van der Waals surface area contributed by atoms with Crippen LogP contribution in [-0.2, 0) is 9.53 Å². The van der Waals surface area contributed by atoms with E-state index >= 15 is 0 Å². The maximum absolute atomic E-state index is 13.3. The number of hydrogen-bond acceptors (Lipinski definition) is 3. The second-order valence-corrected chi connectivity index (χ2v) is 5.34. The number of aryl methyl sites for hydroxylation is 1. The molecule has 0 heterocycles. The first-order chi connectivity index (χ1) is 8.69. The Bertz CT molecular complexity index is 492. The van der Waals surface area contributed by atoms with E-state index in [9.17, 15) is 14.0 Å². The number of nitrogens with one attached hydrogen (secondary N) is 1. The van der Waals surface area contributed by atoms with Gasteiger partial charge in [0.25, 0.3) is 5.91 Å². The number of carbonyl (C=O) groups excluding carboxylic acids is 2. The molecule has 5 heteroatoms. The van der Waals surface area contributed by atoms with Crippen molar-refractivity contribution in [3.8, 4) is 0 Å². The zero-order chi connectivity index (χ0) is 14.6. The molecule has 0 unspecified atom stereocenters. The second-order valence-electron chi connectivity index (χ2n) is 5.34. The highest BCUT2D eigenvalue weighted by Crippen LogP contribution is 2.10. The van der Waals surface area contributed by atoms with Crippen LogP contribution in [0.1, 0.15) is 36.7 Å². The predicted octanol–water partition coefficient (Wildman–Crippen LogP) is 2.21. The number of carbonyl (C=O) groups is 2. The van der Waals surface area contributed by atoms with Gasteiger partial charge in [0, 0.05) is 5.54 Å². The summed E-state index contributed by atoms with van der Waals surface area (Å²) in [5.41, 5.74) is 0.146. The first-order valence-corrected chi connectivity index (χ1v) is 5.93. The molecule has 0 spiro atoms. The zero-order valence-corrected chi connectivity index (χ0v) is 11.5. The highest BCUT2D eigenvalue weighted by atomic mass is 19.1. The molecule has 0 fully saturated rings. The summed E-state index contributed by atoms with van der Waals surface area (Å²) in [6.07, 6.45) is 0. The van der Waals surface area contributed by atoms with E-state index in [0.29, 0.717) is 5.56 Å². The number of halogens is 1. The van der Waals surface area contributed by atoms with Crippen LogP contribution >= 0.6 is 0 Å². The monoisotopic (exact) mass is 267 g/mol. The molecule has 1 rings (SSSR count). The van der Waals surface area contributed by atoms with Crippen molar-refractivity contribution in [1.29, 1.82) is 0 Å². The number of benzene rings is 1. The van der Waals surface area contributed by atoms with E-state index in [0.717, 1.165) is 6.07 Å². The first-order valence-electron chi connectivity index (χ1n) is 5.93. The Morgan fingerprint density at radius 3 is 2.47 bits per heavy atom. The summed E-state index contributed by atoms with van der Waals surface area (Å²) in [5.74, 6) is -1.59. The van der Waals surface area contributed by atoms with Crippen LogP contribution in [0.2, 0.25) is 0 Å². The number of amides is 1. The van der Waals surface area contributed by atoms with Crippen molar-refractivity contribution in [2.45, 2.75) is 33.2 Å². The van der Waals surface area contributed by atoms with Crippen LogP contribution in [0.5, 0.6) is 0 Å². The van der Waals surface area contributed by atoms with Crippen molar-refractivity contribution >= 4 is 11.9 Å². The Labute approximate surface area is 112 Å². The fraction of sp³-hybridized carbons (Fsp3) is 0.429. The number of hydrogen-bond donors (Lipinski definition) is 1. The molecule has 19 heavy (non-hydrogen) atoms. The number of ether oxygens (including phenoxy) is 1. The molecule has 0 saturated heterocycles. The quantitative estimate of drug-likeness (QED) is 0.854. The molecule has 0 aliphatic carbocycles. The Balaban J connectivity index is 2.56. The van der Waals surface area contributed by atoms with Crippen molar-refractivity contribution in [1.82, 2.24) is 5.32 Å². The van der Waals surface area contributed by atoms with Gasteiger partial charge in [-0.05, 0) is 45.4 Å². The molecule has 104 valence electrons. The highest BCUT2D eigenvalue weighted by molar-refractivity contribution is 5.91. The van der Waals surface area contributed by atoms with Gasteiger partial charge in [-0.25, -0.2) is 9.18 Å². The van der Waals surface area contributed by atoms with Crippen LogP contribution in [0.15, 0.2) is 18.2 Å². The minimum Gasteiger partial charge on any atom is -0.452 e. The lowest BCUT2D eigenvalue weighted by Crippen LogP contribution is -2.42. The van der Waals surface area contributed by atoms with E-state index in [1.54, 1.807) is 6.92 Å². The van der Waals surface area contributed by atoms with Crippen LogP contribution in [0.25, 0.3) is 0 Å². The molecule has 0 aliphatic rings. The van der Waals surface area contributed by atoms with Crippen LogP contribution in [0, 0.1) is 12.7 Å². The van der Waals surface area contributed by atoms with Gasteiger partial charge in [0.05, 0.1) is 5.56 Å². The molecule has 1 aromatic rings. The van der Waals surface area contributed by atoms with E-state index in [1.165, 1.54) is 12.1 Å². The lowest BCUT2D eigenvalue weighted by atomic mass is 10.1. The fourth-order valence-electron chi connectivity index (χ4n) is 1.39. The van der Waals surface area contributed by atoms with Gasteiger partial charge in [-0.3, -0.25) is 4.79 Å². The number of esters is 1. The summed E-state index contributed by atoms with van der Waals surface area (Å²) in [6, 6.07) is 4.04. The molecule has 0 radical (unpaired) electrons. The van der Waals surface area contributed by atoms with Crippen molar-refractivity contribution in [2.75, 3.05) is 6.61 Å². The Morgan fingerprint density at radius 2 is 1.95 bits per heavy atom. The normalized spacial score (nSPS) is 11.0. The van der Waals surface area contributed by atoms with E-state index in [4.69, 9.17) is 4.74 Å². The Hall–Kier alpha value is -1.91. The SMILES string of the molecule is Cc1ccc(C(=O)OCC(=O)NC(C)(C)C)cc1F. The summed E-state index contributed by atoms with van der Waals surface area (Å²) in [7, 11) is 0. The minimum absolute atomic E-state index is 0.0895. The van der Waals surface area contributed by atoms with Gasteiger partial charge in [0.1, 0.15) is 5.82 Å². The van der Waals surface area contributed by atoms with Gasteiger partial charge in [-0.1, -0.05) is 6.07 Å². The highest BCUT2D eigenvalue weighted by Gasteiger charge is 2.16. The summed E-state index contributed by atoms with van der Waals surface area (Å²) in [6.45, 7) is 6.68. The molecule has 0 aromatic heterocycles. The standard InChI is InChI=1S/C14H18FNO3/c1-9-5-6-10(7-11(9)15)13(18)19-8-12(17)16-14(2,3)4/h5-7H,8H2,1-4H3,(H,16,17). The van der Waals surface area contributed by atoms with Crippen LogP contribution in [-0.4, -0.2) is 24.0 Å². The van der Waals surface area contributed by atoms with Gasteiger partial charge < -0.3 is 10.1 Å². The lowest BCUT2D eigenvalue weighted by molar-refractivity contribution is -0.125. The fourth-order valence-corrected chi connectivity index (χ4v) is 1.39. The number of rotatable bonds is 3. The van der Waals surface area contributed by atoms with E-state index in [1.807, 2.05) is 20.8 Å². The van der Waals surface area contributed by atoms with Crippen LogP contribution in [0.3, 0.4) is 0 Å². The molecule has 0 bridgehead atoms. The van der Waals surface area contributed by atoms with Crippen molar-refractivity contribution in [3.63, 3.8) is 0 Å². The molecular formula is C14H18FNO3. The molecule has 1 aromatic carbocycles. The average molecular weight is 267 g/mol. The summed E-state index contributed by atoms with van der Waals surface area (Å²) in [4.78, 5) is 23.1. The van der Waals surface area contributed by atoms with Crippen molar-refractivity contribution in [3.05, 3.63) is 35.1 Å². The smallest absolute Gasteiger partial charge is 0.338 e. The van der Waals surface area contributed by atoms with Gasteiger partial charge in [0.2, 0.25) is 0 Å². The molecule has 1 N–H and O–H groups in total. The zero-order valence-electron chi connectivity index (χ0n) is 11.5. The summed E-state index contributed by atoms with van der Waals surface area (Å²) in [5, 5.41) is 2.66. The maximum Gasteiger partial charge on any atom is 0.338 e. The Kier molecular flexibility index (Phi) is 4.64. The van der Waals surface area contributed by atoms with E-state index in [2.05, 4.69) is 5.32 Å². The molecule has 0 aliphatic heterocycles. The molecule has 0 saturated carbocycles. The Morgan fingerprint density at radius 1 is 1.32 bits per heavy atom. The topological polar surface area (TPSA) is 55.4 Å². The van der Waals surface area contributed by atoms with Crippen LogP contribution in [0.4, 0.5) is 4.39 Å². The third-order valence-electron chi connectivity index (χ3n) is 2.26. The second kappa shape index (κ2) is 5.82. The average Bonchev–Trinajstić information content (AvgIpc) is 2.27. The van der Waals surface area contributed by atoms with Crippen molar-refractivity contribution in [2.24, 2.45) is 0 Å². The molecule has 1 amide bonds. The molecule has 0 atom stereocenters. The van der Waals surface area contributed by atoms with Gasteiger partial charge in [-0.15, -0.1) is 0 Å². The van der Waals surface area contributed by atoms with Gasteiger partial charge >= 0.3 is 5.97 Å². The third-order valence-corrected chi connectivity index (χ3v) is 2.26. The van der Waals surface area contributed by atoms with Gasteiger partial charge in [-0.2, -0.15) is 0 Å². The van der Waals surface area contributed by atoms with Crippen LogP contribution < -0.4 is 5.32 Å².